The fourth-order valence-electron chi connectivity index (χ4n) is 3.83. The number of aryl methyl sites for hydroxylation is 1. The summed E-state index contributed by atoms with van der Waals surface area (Å²) in [5.74, 6) is 0.998. The van der Waals surface area contributed by atoms with Crippen molar-refractivity contribution in [2.24, 2.45) is 0 Å². The van der Waals surface area contributed by atoms with Crippen molar-refractivity contribution in [2.45, 2.75) is 25.4 Å². The van der Waals surface area contributed by atoms with Gasteiger partial charge < -0.3 is 10.2 Å². The standard InChI is InChI=1S/C18H17N7/c1-11-8-25-18(13(5-19)7-21-25)17(22-11)12-2-3-16(20-6-12)24-9-14-4-15(10-24)23-14/h2-3,6-8,14-15,23H,4,9-10H2,1H3. The van der Waals surface area contributed by atoms with Crippen LogP contribution in [-0.4, -0.2) is 44.8 Å². The third-order valence-corrected chi connectivity index (χ3v) is 5.00. The molecule has 3 aromatic heterocycles. The second kappa shape index (κ2) is 5.26. The van der Waals surface area contributed by atoms with E-state index in [1.165, 1.54) is 6.42 Å². The maximum absolute atomic E-state index is 9.35. The second-order valence-corrected chi connectivity index (χ2v) is 6.80. The fourth-order valence-corrected chi connectivity index (χ4v) is 3.83. The Labute approximate surface area is 144 Å². The number of pyridine rings is 1. The van der Waals surface area contributed by atoms with E-state index in [4.69, 9.17) is 0 Å². The topological polar surface area (TPSA) is 82.1 Å². The Morgan fingerprint density at radius 1 is 1.24 bits per heavy atom. The van der Waals surface area contributed by atoms with E-state index in [0.717, 1.165) is 41.4 Å². The molecule has 0 spiro atoms. The Kier molecular flexibility index (Phi) is 3.02. The van der Waals surface area contributed by atoms with Crippen molar-refractivity contribution in [3.05, 3.63) is 42.0 Å². The Hall–Kier alpha value is -2.98. The van der Waals surface area contributed by atoms with Crippen molar-refractivity contribution in [1.29, 1.82) is 5.26 Å². The average Bonchev–Trinajstić information content (AvgIpc) is 3.03. The van der Waals surface area contributed by atoms with Crippen LogP contribution < -0.4 is 10.2 Å². The molecule has 3 aliphatic rings. The zero-order valence-electron chi connectivity index (χ0n) is 13.8. The number of nitrogens with zero attached hydrogens (tertiary/aromatic N) is 6. The minimum atomic E-state index is 0.522. The molecule has 25 heavy (non-hydrogen) atoms. The van der Waals surface area contributed by atoms with E-state index < -0.39 is 0 Å². The molecule has 3 fully saturated rings. The molecule has 2 unspecified atom stereocenters. The van der Waals surface area contributed by atoms with Gasteiger partial charge in [-0.1, -0.05) is 0 Å². The van der Waals surface area contributed by atoms with Gasteiger partial charge in [0.15, 0.2) is 0 Å². The highest BCUT2D eigenvalue weighted by atomic mass is 15.3. The van der Waals surface area contributed by atoms with E-state index in [9.17, 15) is 5.26 Å². The van der Waals surface area contributed by atoms with Crippen molar-refractivity contribution in [2.75, 3.05) is 18.0 Å². The van der Waals surface area contributed by atoms with E-state index in [1.54, 1.807) is 10.7 Å². The van der Waals surface area contributed by atoms with Gasteiger partial charge in [-0.2, -0.15) is 10.4 Å². The van der Waals surface area contributed by atoms with Crippen LogP contribution in [0, 0.1) is 18.3 Å². The number of nitriles is 1. The van der Waals surface area contributed by atoms with Gasteiger partial charge in [0.1, 0.15) is 23.0 Å². The predicted octanol–water partition coefficient (Wildman–Crippen LogP) is 1.52. The van der Waals surface area contributed by atoms with Crippen molar-refractivity contribution in [1.82, 2.24) is 24.9 Å². The third-order valence-electron chi connectivity index (χ3n) is 5.00. The highest BCUT2D eigenvalue weighted by Gasteiger charge is 2.36. The van der Waals surface area contributed by atoms with Crippen LogP contribution in [0.1, 0.15) is 17.7 Å². The van der Waals surface area contributed by atoms with Crippen molar-refractivity contribution < 1.29 is 0 Å². The molecule has 6 heterocycles. The molecule has 0 aliphatic carbocycles. The lowest BCUT2D eigenvalue weighted by Gasteiger charge is -2.48. The largest absolute Gasteiger partial charge is 0.353 e. The molecule has 2 bridgehead atoms. The molecule has 3 saturated heterocycles. The van der Waals surface area contributed by atoms with Crippen LogP contribution in [0.3, 0.4) is 0 Å². The van der Waals surface area contributed by atoms with Crippen LogP contribution in [0.25, 0.3) is 16.8 Å². The monoisotopic (exact) mass is 331 g/mol. The summed E-state index contributed by atoms with van der Waals surface area (Å²) in [5, 5.41) is 17.1. The van der Waals surface area contributed by atoms with E-state index >= 15 is 0 Å². The van der Waals surface area contributed by atoms with E-state index in [1.807, 2.05) is 31.5 Å². The molecule has 0 aromatic carbocycles. The Morgan fingerprint density at radius 3 is 2.72 bits per heavy atom. The summed E-state index contributed by atoms with van der Waals surface area (Å²) in [4.78, 5) is 11.6. The zero-order valence-corrected chi connectivity index (χ0v) is 13.8. The maximum Gasteiger partial charge on any atom is 0.128 e. The number of fused-ring (bicyclic) bond motifs is 3. The number of piperazine rings is 1. The Morgan fingerprint density at radius 2 is 2.04 bits per heavy atom. The summed E-state index contributed by atoms with van der Waals surface area (Å²) in [5.41, 5.74) is 3.74. The van der Waals surface area contributed by atoms with Gasteiger partial charge in [-0.3, -0.25) is 0 Å². The number of rotatable bonds is 2. The number of piperidine rings is 1. The first-order valence-corrected chi connectivity index (χ1v) is 8.44. The minimum absolute atomic E-state index is 0.522. The highest BCUT2D eigenvalue weighted by molar-refractivity contribution is 5.81. The van der Waals surface area contributed by atoms with Crippen molar-refractivity contribution >= 4 is 11.3 Å². The highest BCUT2D eigenvalue weighted by Crippen LogP contribution is 2.28. The van der Waals surface area contributed by atoms with Crippen LogP contribution in [0.4, 0.5) is 5.82 Å². The number of anilines is 1. The smallest absolute Gasteiger partial charge is 0.128 e. The molecule has 1 N–H and O–H groups in total. The number of hydrogen-bond acceptors (Lipinski definition) is 6. The normalized spacial score (nSPS) is 21.8. The molecule has 0 amide bonds. The van der Waals surface area contributed by atoms with Crippen molar-refractivity contribution in [3.8, 4) is 17.3 Å². The first kappa shape index (κ1) is 14.4. The van der Waals surface area contributed by atoms with Gasteiger partial charge in [0, 0.05) is 36.9 Å². The van der Waals surface area contributed by atoms with Gasteiger partial charge in [0.2, 0.25) is 0 Å². The molecule has 124 valence electrons. The molecule has 0 radical (unpaired) electrons. The summed E-state index contributed by atoms with van der Waals surface area (Å²) in [7, 11) is 0. The fraction of sp³-hybridized carbons (Fsp3) is 0.333. The van der Waals surface area contributed by atoms with Gasteiger partial charge >= 0.3 is 0 Å². The van der Waals surface area contributed by atoms with Crippen LogP contribution in [-0.2, 0) is 0 Å². The van der Waals surface area contributed by atoms with Gasteiger partial charge in [0.25, 0.3) is 0 Å². The van der Waals surface area contributed by atoms with E-state index in [-0.39, 0.29) is 0 Å². The molecule has 3 aliphatic heterocycles. The number of hydrogen-bond donors (Lipinski definition) is 1. The lowest BCUT2D eigenvalue weighted by atomic mass is 9.91. The lowest BCUT2D eigenvalue weighted by Crippen LogP contribution is -2.67. The molecular formula is C18H17N7. The number of aromatic nitrogens is 4. The number of nitrogens with one attached hydrogen (secondary N) is 1. The quantitative estimate of drug-likeness (QED) is 0.767. The molecular weight excluding hydrogens is 314 g/mol. The summed E-state index contributed by atoms with van der Waals surface area (Å²) in [6.07, 6.45) is 6.53. The molecule has 7 nitrogen and oxygen atoms in total. The van der Waals surface area contributed by atoms with Gasteiger partial charge in [0.05, 0.1) is 23.8 Å². The summed E-state index contributed by atoms with van der Waals surface area (Å²) < 4.78 is 1.72. The summed E-state index contributed by atoms with van der Waals surface area (Å²) >= 11 is 0. The first-order chi connectivity index (χ1) is 12.2. The van der Waals surface area contributed by atoms with Crippen LogP contribution >= 0.6 is 0 Å². The predicted molar refractivity (Wildman–Crippen MR) is 93.2 cm³/mol. The first-order valence-electron chi connectivity index (χ1n) is 8.44. The van der Waals surface area contributed by atoms with Crippen LogP contribution in [0.5, 0.6) is 0 Å². The van der Waals surface area contributed by atoms with Crippen LogP contribution in [0.2, 0.25) is 0 Å². The zero-order chi connectivity index (χ0) is 17.0. The second-order valence-electron chi connectivity index (χ2n) is 6.80. The Balaban J connectivity index is 1.54. The van der Waals surface area contributed by atoms with E-state index in [0.29, 0.717) is 17.6 Å². The minimum Gasteiger partial charge on any atom is -0.353 e. The van der Waals surface area contributed by atoms with E-state index in [2.05, 4.69) is 31.4 Å². The van der Waals surface area contributed by atoms with Gasteiger partial charge in [-0.15, -0.1) is 0 Å². The molecule has 3 aromatic rings. The summed E-state index contributed by atoms with van der Waals surface area (Å²) in [6, 6.07) is 7.47. The SMILES string of the molecule is Cc1cn2ncc(C#N)c2c(-c2ccc(N3CC4CC(C3)N4)nc2)n1. The molecule has 6 rings (SSSR count). The average molecular weight is 331 g/mol. The lowest BCUT2D eigenvalue weighted by molar-refractivity contribution is 0.225. The summed E-state index contributed by atoms with van der Waals surface area (Å²) in [6.45, 7) is 3.94. The maximum atomic E-state index is 9.35. The van der Waals surface area contributed by atoms with Crippen molar-refractivity contribution in [3.63, 3.8) is 0 Å². The Bertz CT molecular complexity index is 983. The third kappa shape index (κ3) is 2.26. The molecule has 0 saturated carbocycles. The van der Waals surface area contributed by atoms with Gasteiger partial charge in [-0.25, -0.2) is 14.5 Å². The molecule has 2 atom stereocenters. The van der Waals surface area contributed by atoms with Crippen LogP contribution in [0.15, 0.2) is 30.7 Å². The molecule has 7 heteroatoms. The van der Waals surface area contributed by atoms with Gasteiger partial charge in [-0.05, 0) is 25.5 Å².